The van der Waals surface area contributed by atoms with Crippen LogP contribution in [0, 0.1) is 0 Å². The predicted molar refractivity (Wildman–Crippen MR) is 65.5 cm³/mol. The zero-order valence-corrected chi connectivity index (χ0v) is 9.87. The van der Waals surface area contributed by atoms with E-state index < -0.39 is 0 Å². The molecule has 0 saturated carbocycles. The van der Waals surface area contributed by atoms with Crippen LogP contribution in [0.15, 0.2) is 24.4 Å². The standard InChI is InChI=1S/C12H14N4O2/c13-3-4-16-8-10(14-15-16)9-1-2-11-12(7-9)18-6-5-17-11/h1-2,7-8H,3-6,13H2. The number of aromatic nitrogens is 3. The zero-order valence-electron chi connectivity index (χ0n) is 9.87. The molecule has 2 N–H and O–H groups in total. The molecule has 18 heavy (non-hydrogen) atoms. The summed E-state index contributed by atoms with van der Waals surface area (Å²) in [5.74, 6) is 1.53. The molecule has 0 fully saturated rings. The summed E-state index contributed by atoms with van der Waals surface area (Å²) in [6.45, 7) is 2.39. The van der Waals surface area contributed by atoms with Gasteiger partial charge in [0.05, 0.1) is 12.7 Å². The third-order valence-electron chi connectivity index (χ3n) is 2.73. The van der Waals surface area contributed by atoms with Crippen molar-refractivity contribution < 1.29 is 9.47 Å². The van der Waals surface area contributed by atoms with Gasteiger partial charge in [-0.05, 0) is 18.2 Å². The van der Waals surface area contributed by atoms with E-state index in [0.717, 1.165) is 22.8 Å². The van der Waals surface area contributed by atoms with Crippen LogP contribution in [0.5, 0.6) is 11.5 Å². The first-order valence-electron chi connectivity index (χ1n) is 5.87. The van der Waals surface area contributed by atoms with E-state index in [2.05, 4.69) is 10.3 Å². The molecule has 0 saturated heterocycles. The third kappa shape index (κ3) is 2.02. The summed E-state index contributed by atoms with van der Waals surface area (Å²) in [6, 6.07) is 5.77. The molecule has 6 nitrogen and oxygen atoms in total. The van der Waals surface area contributed by atoms with Gasteiger partial charge in [0.2, 0.25) is 0 Å². The maximum atomic E-state index is 5.54. The molecule has 1 aromatic heterocycles. The summed E-state index contributed by atoms with van der Waals surface area (Å²) in [5, 5.41) is 8.12. The Kier molecular flexibility index (Phi) is 2.85. The van der Waals surface area contributed by atoms with E-state index in [-0.39, 0.29) is 0 Å². The average molecular weight is 246 g/mol. The maximum Gasteiger partial charge on any atom is 0.162 e. The van der Waals surface area contributed by atoms with Crippen molar-refractivity contribution in [3.63, 3.8) is 0 Å². The van der Waals surface area contributed by atoms with Crippen molar-refractivity contribution in [3.05, 3.63) is 24.4 Å². The van der Waals surface area contributed by atoms with Crippen LogP contribution in [0.2, 0.25) is 0 Å². The van der Waals surface area contributed by atoms with Crippen molar-refractivity contribution in [2.24, 2.45) is 5.73 Å². The summed E-state index contributed by atoms with van der Waals surface area (Å²) in [6.07, 6.45) is 1.87. The molecule has 2 heterocycles. The van der Waals surface area contributed by atoms with Crippen LogP contribution in [-0.4, -0.2) is 34.8 Å². The van der Waals surface area contributed by atoms with Crippen LogP contribution in [0.1, 0.15) is 0 Å². The van der Waals surface area contributed by atoms with Crippen molar-refractivity contribution in [1.82, 2.24) is 15.0 Å². The van der Waals surface area contributed by atoms with Crippen LogP contribution in [0.3, 0.4) is 0 Å². The first-order chi connectivity index (χ1) is 8.86. The second-order valence-corrected chi connectivity index (χ2v) is 4.01. The van der Waals surface area contributed by atoms with E-state index in [1.165, 1.54) is 0 Å². The number of fused-ring (bicyclic) bond motifs is 1. The van der Waals surface area contributed by atoms with Crippen LogP contribution in [0.4, 0.5) is 0 Å². The highest BCUT2D eigenvalue weighted by Gasteiger charge is 2.13. The minimum Gasteiger partial charge on any atom is -0.486 e. The van der Waals surface area contributed by atoms with Gasteiger partial charge in [-0.3, -0.25) is 4.68 Å². The van der Waals surface area contributed by atoms with Gasteiger partial charge in [0, 0.05) is 12.1 Å². The normalized spacial score (nSPS) is 13.6. The molecule has 2 aromatic rings. The summed E-state index contributed by atoms with van der Waals surface area (Å²) in [7, 11) is 0. The van der Waals surface area contributed by atoms with Gasteiger partial charge in [0.1, 0.15) is 18.9 Å². The van der Waals surface area contributed by atoms with Gasteiger partial charge in [-0.2, -0.15) is 0 Å². The molecule has 1 aliphatic heterocycles. The number of nitrogens with two attached hydrogens (primary N) is 1. The Morgan fingerprint density at radius 3 is 2.89 bits per heavy atom. The lowest BCUT2D eigenvalue weighted by molar-refractivity contribution is 0.171. The fraction of sp³-hybridized carbons (Fsp3) is 0.333. The molecular formula is C12H14N4O2. The zero-order chi connectivity index (χ0) is 12.4. The van der Waals surface area contributed by atoms with Crippen molar-refractivity contribution in [1.29, 1.82) is 0 Å². The highest BCUT2D eigenvalue weighted by molar-refractivity contribution is 5.63. The molecule has 0 spiro atoms. The lowest BCUT2D eigenvalue weighted by atomic mass is 10.1. The van der Waals surface area contributed by atoms with Gasteiger partial charge in [-0.15, -0.1) is 5.10 Å². The SMILES string of the molecule is NCCn1cc(-c2ccc3c(c2)OCCO3)nn1. The van der Waals surface area contributed by atoms with Gasteiger partial charge < -0.3 is 15.2 Å². The van der Waals surface area contributed by atoms with Crippen molar-refractivity contribution in [2.45, 2.75) is 6.54 Å². The fourth-order valence-electron chi connectivity index (χ4n) is 1.87. The molecule has 1 aromatic carbocycles. The van der Waals surface area contributed by atoms with Crippen LogP contribution < -0.4 is 15.2 Å². The Labute approximate surface area is 104 Å². The lowest BCUT2D eigenvalue weighted by Crippen LogP contribution is -2.15. The Hall–Kier alpha value is -2.08. The number of nitrogens with zero attached hydrogens (tertiary/aromatic N) is 3. The van der Waals surface area contributed by atoms with Gasteiger partial charge in [-0.1, -0.05) is 5.21 Å². The summed E-state index contributed by atoms with van der Waals surface area (Å²) >= 11 is 0. The van der Waals surface area contributed by atoms with Crippen LogP contribution >= 0.6 is 0 Å². The number of rotatable bonds is 3. The smallest absolute Gasteiger partial charge is 0.162 e. The van der Waals surface area contributed by atoms with E-state index in [4.69, 9.17) is 15.2 Å². The number of hydrogen-bond donors (Lipinski definition) is 1. The quantitative estimate of drug-likeness (QED) is 0.861. The van der Waals surface area contributed by atoms with Gasteiger partial charge in [0.15, 0.2) is 11.5 Å². The van der Waals surface area contributed by atoms with E-state index in [1.54, 1.807) is 4.68 Å². The molecule has 0 aliphatic carbocycles. The first-order valence-corrected chi connectivity index (χ1v) is 5.87. The van der Waals surface area contributed by atoms with Gasteiger partial charge in [0.25, 0.3) is 0 Å². The first kappa shape index (κ1) is 11.0. The second kappa shape index (κ2) is 4.66. The molecule has 0 amide bonds. The fourth-order valence-corrected chi connectivity index (χ4v) is 1.87. The lowest BCUT2D eigenvalue weighted by Gasteiger charge is -2.18. The Morgan fingerprint density at radius 2 is 2.06 bits per heavy atom. The molecule has 0 radical (unpaired) electrons. The predicted octanol–water partition coefficient (Wildman–Crippen LogP) is 0.675. The molecule has 0 unspecified atom stereocenters. The molecule has 3 rings (SSSR count). The summed E-state index contributed by atoms with van der Waals surface area (Å²) < 4.78 is 12.7. The topological polar surface area (TPSA) is 75.2 Å². The average Bonchev–Trinajstić information content (AvgIpc) is 2.87. The minimum absolute atomic E-state index is 0.546. The monoisotopic (exact) mass is 246 g/mol. The van der Waals surface area contributed by atoms with E-state index in [1.807, 2.05) is 24.4 Å². The van der Waals surface area contributed by atoms with Crippen molar-refractivity contribution in [3.8, 4) is 22.8 Å². The van der Waals surface area contributed by atoms with E-state index >= 15 is 0 Å². The number of hydrogen-bond acceptors (Lipinski definition) is 5. The summed E-state index contributed by atoms with van der Waals surface area (Å²) in [5.41, 5.74) is 7.24. The highest BCUT2D eigenvalue weighted by Crippen LogP contribution is 2.33. The van der Waals surface area contributed by atoms with Crippen LogP contribution in [-0.2, 0) is 6.54 Å². The van der Waals surface area contributed by atoms with Crippen molar-refractivity contribution in [2.75, 3.05) is 19.8 Å². The molecule has 0 bridgehead atoms. The van der Waals surface area contributed by atoms with Gasteiger partial charge >= 0.3 is 0 Å². The Balaban J connectivity index is 1.91. The highest BCUT2D eigenvalue weighted by atomic mass is 16.6. The molecule has 94 valence electrons. The maximum absolute atomic E-state index is 5.54. The van der Waals surface area contributed by atoms with Crippen molar-refractivity contribution >= 4 is 0 Å². The number of benzene rings is 1. The molecule has 0 atom stereocenters. The van der Waals surface area contributed by atoms with E-state index in [9.17, 15) is 0 Å². The van der Waals surface area contributed by atoms with E-state index in [0.29, 0.717) is 26.3 Å². The van der Waals surface area contributed by atoms with Gasteiger partial charge in [-0.25, -0.2) is 0 Å². The third-order valence-corrected chi connectivity index (χ3v) is 2.73. The van der Waals surface area contributed by atoms with Crippen LogP contribution in [0.25, 0.3) is 11.3 Å². The molecule has 1 aliphatic rings. The summed E-state index contributed by atoms with van der Waals surface area (Å²) in [4.78, 5) is 0. The molecular weight excluding hydrogens is 232 g/mol. The minimum atomic E-state index is 0.546. The second-order valence-electron chi connectivity index (χ2n) is 4.01. The molecule has 6 heteroatoms. The Bertz CT molecular complexity index is 553. The largest absolute Gasteiger partial charge is 0.486 e. The number of ether oxygens (including phenoxy) is 2. The Morgan fingerprint density at radius 1 is 1.22 bits per heavy atom.